The molecule has 0 bridgehead atoms. The zero-order valence-corrected chi connectivity index (χ0v) is 13.7. The minimum absolute atomic E-state index is 0. The molecule has 1 fully saturated rings. The Morgan fingerprint density at radius 3 is 2.22 bits per heavy atom. The molecule has 0 atom stereocenters. The van der Waals surface area contributed by atoms with E-state index in [0.29, 0.717) is 0 Å². The topological polar surface area (TPSA) is 9.23 Å². The molecular formula is C12H15BF3KO. The Morgan fingerprint density at radius 2 is 1.61 bits per heavy atom. The first-order chi connectivity index (χ1) is 8.07. The minimum Gasteiger partial charge on any atom is -0.493 e. The number of rotatable bonds is 3. The van der Waals surface area contributed by atoms with Gasteiger partial charge >= 0.3 is 58.4 Å². The van der Waals surface area contributed by atoms with Crippen molar-refractivity contribution < 1.29 is 69.1 Å². The van der Waals surface area contributed by atoms with Crippen LogP contribution < -0.4 is 61.6 Å². The van der Waals surface area contributed by atoms with Gasteiger partial charge in [0.1, 0.15) is 0 Å². The zero-order chi connectivity index (χ0) is 12.3. The number of halogens is 3. The molecule has 1 nitrogen and oxygen atoms in total. The summed E-state index contributed by atoms with van der Waals surface area (Å²) in [6, 6.07) is 5.50. The maximum absolute atomic E-state index is 12.8. The molecule has 0 aromatic heterocycles. The second-order valence-corrected chi connectivity index (χ2v) is 4.49. The van der Waals surface area contributed by atoms with Gasteiger partial charge in [-0.1, -0.05) is 30.1 Å². The summed E-state index contributed by atoms with van der Waals surface area (Å²) in [6.07, 6.45) is 4.92. The van der Waals surface area contributed by atoms with Crippen LogP contribution in [0.2, 0.25) is 0 Å². The summed E-state index contributed by atoms with van der Waals surface area (Å²) in [5.41, 5.74) is -0.613. The minimum atomic E-state index is -4.99. The van der Waals surface area contributed by atoms with Crippen LogP contribution in [0.5, 0.6) is 5.75 Å². The number of para-hydroxylation sites is 1. The van der Waals surface area contributed by atoms with E-state index >= 15 is 0 Å². The fourth-order valence-corrected chi connectivity index (χ4v) is 2.22. The van der Waals surface area contributed by atoms with E-state index < -0.39 is 12.4 Å². The van der Waals surface area contributed by atoms with Crippen LogP contribution >= 0.6 is 0 Å². The molecule has 0 saturated heterocycles. The quantitative estimate of drug-likeness (QED) is 0.732. The molecule has 18 heavy (non-hydrogen) atoms. The van der Waals surface area contributed by atoms with Gasteiger partial charge in [-0.15, -0.1) is 0 Å². The van der Waals surface area contributed by atoms with Gasteiger partial charge in [0.2, 0.25) is 0 Å². The summed E-state index contributed by atoms with van der Waals surface area (Å²) in [5.74, 6) is -0.00750. The number of hydrogen-bond donors (Lipinski definition) is 0. The van der Waals surface area contributed by atoms with Crippen LogP contribution in [0.15, 0.2) is 24.3 Å². The smallest absolute Gasteiger partial charge is 0.493 e. The van der Waals surface area contributed by atoms with Gasteiger partial charge in [-0.05, 0) is 31.7 Å². The maximum Gasteiger partial charge on any atom is 1.00 e. The third-order valence-electron chi connectivity index (χ3n) is 3.12. The summed E-state index contributed by atoms with van der Waals surface area (Å²) in [7, 11) is 0. The van der Waals surface area contributed by atoms with E-state index in [4.69, 9.17) is 4.74 Å². The van der Waals surface area contributed by atoms with Crippen LogP contribution in [0.25, 0.3) is 0 Å². The molecule has 94 valence electrons. The van der Waals surface area contributed by atoms with Crippen molar-refractivity contribution in [3.63, 3.8) is 0 Å². The zero-order valence-electron chi connectivity index (χ0n) is 10.5. The molecule has 0 heterocycles. The van der Waals surface area contributed by atoms with E-state index in [1.54, 1.807) is 6.07 Å². The monoisotopic (exact) mass is 282 g/mol. The van der Waals surface area contributed by atoms with Gasteiger partial charge in [0.05, 0.1) is 11.9 Å². The van der Waals surface area contributed by atoms with Gasteiger partial charge in [-0.25, -0.2) is 0 Å². The van der Waals surface area contributed by atoms with Crippen molar-refractivity contribution in [3.8, 4) is 5.75 Å². The van der Waals surface area contributed by atoms with E-state index in [0.717, 1.165) is 38.2 Å². The van der Waals surface area contributed by atoms with Crippen molar-refractivity contribution in [1.29, 1.82) is 0 Å². The van der Waals surface area contributed by atoms with Crippen molar-refractivity contribution in [1.82, 2.24) is 0 Å². The number of hydrogen-bond acceptors (Lipinski definition) is 1. The molecule has 0 N–H and O–H groups in total. The van der Waals surface area contributed by atoms with Crippen molar-refractivity contribution in [2.45, 2.75) is 38.2 Å². The van der Waals surface area contributed by atoms with Crippen LogP contribution in [0.4, 0.5) is 12.9 Å². The van der Waals surface area contributed by atoms with Gasteiger partial charge < -0.3 is 17.7 Å². The molecule has 0 unspecified atom stereocenters. The molecule has 1 saturated carbocycles. The van der Waals surface area contributed by atoms with Crippen LogP contribution in [0, 0.1) is 0 Å². The Labute approximate surface area is 148 Å². The molecular weight excluding hydrogens is 267 g/mol. The van der Waals surface area contributed by atoms with E-state index in [9.17, 15) is 12.9 Å². The Kier molecular flexibility index (Phi) is 6.75. The van der Waals surface area contributed by atoms with Gasteiger partial charge in [0.15, 0.2) is 0 Å². The van der Waals surface area contributed by atoms with Gasteiger partial charge in [-0.3, -0.25) is 0 Å². The molecule has 0 spiro atoms. The Bertz CT molecular complexity index is 378. The Hall–Kier alpha value is 0.511. The predicted molar refractivity (Wildman–Crippen MR) is 62.7 cm³/mol. The van der Waals surface area contributed by atoms with E-state index in [1.165, 1.54) is 12.1 Å². The third-order valence-corrected chi connectivity index (χ3v) is 3.12. The number of ether oxygens (including phenoxy) is 1. The predicted octanol–water partition coefficient (Wildman–Crippen LogP) is 0.456. The number of benzene rings is 1. The maximum atomic E-state index is 12.8. The van der Waals surface area contributed by atoms with Crippen LogP contribution in [0.1, 0.15) is 32.1 Å². The Balaban J connectivity index is 0.00000162. The summed E-state index contributed by atoms with van der Waals surface area (Å²) >= 11 is 0. The van der Waals surface area contributed by atoms with Crippen molar-refractivity contribution >= 4 is 12.4 Å². The standard InChI is InChI=1S/C12H15BF3O.K/c14-13(15,16)11-8-4-5-9-12(11)17-10-6-2-1-3-7-10;/h4-5,8-10H,1-3,6-7H2;/q-1;+1. The fourth-order valence-electron chi connectivity index (χ4n) is 2.22. The second-order valence-electron chi connectivity index (χ2n) is 4.49. The average molecular weight is 282 g/mol. The van der Waals surface area contributed by atoms with Crippen LogP contribution in [0.3, 0.4) is 0 Å². The van der Waals surface area contributed by atoms with E-state index in [1.807, 2.05) is 0 Å². The average Bonchev–Trinajstić information content (AvgIpc) is 2.30. The largest absolute Gasteiger partial charge is 1.00 e. The molecule has 0 aliphatic heterocycles. The molecule has 1 aliphatic rings. The molecule has 1 aliphatic carbocycles. The Morgan fingerprint density at radius 1 is 1.00 bits per heavy atom. The van der Waals surface area contributed by atoms with Gasteiger partial charge in [0.25, 0.3) is 0 Å². The van der Waals surface area contributed by atoms with Crippen LogP contribution in [-0.2, 0) is 0 Å². The molecule has 6 heteroatoms. The first-order valence-corrected chi connectivity index (χ1v) is 6.03. The summed E-state index contributed by atoms with van der Waals surface area (Å²) in [5, 5.41) is 0. The molecule has 0 radical (unpaired) electrons. The summed E-state index contributed by atoms with van der Waals surface area (Å²) in [6.45, 7) is -4.99. The summed E-state index contributed by atoms with van der Waals surface area (Å²) < 4.78 is 43.9. The molecule has 2 rings (SSSR count). The van der Waals surface area contributed by atoms with Gasteiger partial charge in [0, 0.05) is 0 Å². The molecule has 0 amide bonds. The normalized spacial score (nSPS) is 17.1. The molecule has 1 aromatic carbocycles. The SMILES string of the molecule is F[B-](F)(F)c1ccccc1OC1CCCCC1.[K+]. The van der Waals surface area contributed by atoms with Crippen molar-refractivity contribution in [2.75, 3.05) is 0 Å². The van der Waals surface area contributed by atoms with Crippen molar-refractivity contribution in [3.05, 3.63) is 24.3 Å². The molecule has 1 aromatic rings. The van der Waals surface area contributed by atoms with Gasteiger partial charge in [-0.2, -0.15) is 0 Å². The third kappa shape index (κ3) is 4.56. The van der Waals surface area contributed by atoms with E-state index in [-0.39, 0.29) is 63.2 Å². The fraction of sp³-hybridized carbons (Fsp3) is 0.500. The summed E-state index contributed by atoms with van der Waals surface area (Å²) in [4.78, 5) is 0. The first-order valence-electron chi connectivity index (χ1n) is 6.03. The van der Waals surface area contributed by atoms with E-state index in [2.05, 4.69) is 0 Å². The second kappa shape index (κ2) is 7.34. The van der Waals surface area contributed by atoms with Crippen molar-refractivity contribution in [2.24, 2.45) is 0 Å². The van der Waals surface area contributed by atoms with Crippen LogP contribution in [-0.4, -0.2) is 13.1 Å². The first kappa shape index (κ1) is 16.6.